The first-order chi connectivity index (χ1) is 7.00. The van der Waals surface area contributed by atoms with E-state index in [9.17, 15) is 9.59 Å². The second kappa shape index (κ2) is 4.56. The van der Waals surface area contributed by atoms with Crippen molar-refractivity contribution in [3.05, 3.63) is 17.5 Å². The van der Waals surface area contributed by atoms with E-state index >= 15 is 0 Å². The zero-order valence-corrected chi connectivity index (χ0v) is 7.93. The van der Waals surface area contributed by atoms with Crippen molar-refractivity contribution >= 4 is 11.9 Å². The molecular weight excluding hydrogens is 204 g/mol. The molecule has 0 aromatic carbocycles. The molecule has 0 aliphatic rings. The predicted octanol–water partition coefficient (Wildman–Crippen LogP) is -0.842. The van der Waals surface area contributed by atoms with Crippen LogP contribution >= 0.6 is 0 Å². The van der Waals surface area contributed by atoms with E-state index in [4.69, 9.17) is 10.2 Å². The zero-order valence-electron chi connectivity index (χ0n) is 7.93. The summed E-state index contributed by atoms with van der Waals surface area (Å²) in [6.07, 6.45) is -1.63. The lowest BCUT2D eigenvalue weighted by molar-refractivity contribution is -0.146. The predicted molar refractivity (Wildman–Crippen MR) is 47.2 cm³/mol. The van der Waals surface area contributed by atoms with Crippen molar-refractivity contribution in [2.45, 2.75) is 13.0 Å². The Kier molecular flexibility index (Phi) is 3.40. The highest BCUT2D eigenvalue weighted by Crippen LogP contribution is 2.01. The monoisotopic (exact) mass is 214 g/mol. The molecule has 1 amide bonds. The summed E-state index contributed by atoms with van der Waals surface area (Å²) < 4.78 is 4.63. The maximum Gasteiger partial charge on any atom is 0.334 e. The third kappa shape index (κ3) is 3.06. The van der Waals surface area contributed by atoms with Gasteiger partial charge in [-0.1, -0.05) is 5.16 Å². The third-order valence-electron chi connectivity index (χ3n) is 1.59. The molecule has 1 rings (SSSR count). The van der Waals surface area contributed by atoms with Gasteiger partial charge in [-0.15, -0.1) is 0 Å². The van der Waals surface area contributed by atoms with Crippen LogP contribution in [0.15, 0.2) is 10.6 Å². The van der Waals surface area contributed by atoms with Gasteiger partial charge in [-0.05, 0) is 6.92 Å². The summed E-state index contributed by atoms with van der Waals surface area (Å²) in [6, 6.07) is 1.41. The van der Waals surface area contributed by atoms with Crippen molar-refractivity contribution in [2.75, 3.05) is 6.54 Å². The van der Waals surface area contributed by atoms with Crippen LogP contribution in [-0.4, -0.2) is 39.9 Å². The van der Waals surface area contributed by atoms with Gasteiger partial charge in [0, 0.05) is 6.07 Å². The maximum absolute atomic E-state index is 11.2. The number of aliphatic carboxylic acids is 1. The first-order valence-corrected chi connectivity index (χ1v) is 4.13. The van der Waals surface area contributed by atoms with Gasteiger partial charge < -0.3 is 20.1 Å². The first kappa shape index (κ1) is 11.2. The molecule has 1 atom stereocenters. The van der Waals surface area contributed by atoms with Crippen LogP contribution in [0.5, 0.6) is 0 Å². The van der Waals surface area contributed by atoms with Gasteiger partial charge in [0.15, 0.2) is 6.10 Å². The number of nitrogens with one attached hydrogen (secondary N) is 1. The number of hydrogen-bond donors (Lipinski definition) is 3. The Bertz CT molecular complexity index is 373. The standard InChI is InChI=1S/C8H10N2O5/c1-4-2-6(15-10-4)7(12)9-3-5(11)8(13)14/h2,5,11H,3H2,1H3,(H,9,12)(H,13,14). The molecule has 0 saturated carbocycles. The Hall–Kier alpha value is -1.89. The molecule has 0 saturated heterocycles. The van der Waals surface area contributed by atoms with Crippen LogP contribution < -0.4 is 5.32 Å². The lowest BCUT2D eigenvalue weighted by atomic mass is 10.3. The molecule has 0 bridgehead atoms. The zero-order chi connectivity index (χ0) is 11.4. The molecule has 15 heavy (non-hydrogen) atoms. The molecule has 1 aromatic rings. The maximum atomic E-state index is 11.2. The number of hydrogen-bond acceptors (Lipinski definition) is 5. The molecule has 3 N–H and O–H groups in total. The summed E-state index contributed by atoms with van der Waals surface area (Å²) >= 11 is 0. The molecule has 1 aromatic heterocycles. The quantitative estimate of drug-likeness (QED) is 0.602. The highest BCUT2D eigenvalue weighted by Gasteiger charge is 2.16. The lowest BCUT2D eigenvalue weighted by Gasteiger charge is -2.05. The van der Waals surface area contributed by atoms with Crippen LogP contribution in [0.3, 0.4) is 0 Å². The van der Waals surface area contributed by atoms with E-state index in [1.807, 2.05) is 0 Å². The fraction of sp³-hybridized carbons (Fsp3) is 0.375. The van der Waals surface area contributed by atoms with Gasteiger partial charge >= 0.3 is 5.97 Å². The average molecular weight is 214 g/mol. The number of aryl methyl sites for hydroxylation is 1. The largest absolute Gasteiger partial charge is 0.479 e. The number of rotatable bonds is 4. The van der Waals surface area contributed by atoms with E-state index in [2.05, 4.69) is 15.0 Å². The number of nitrogens with zero attached hydrogens (tertiary/aromatic N) is 1. The SMILES string of the molecule is Cc1cc(C(=O)NCC(O)C(=O)O)on1. The summed E-state index contributed by atoms with van der Waals surface area (Å²) in [5.41, 5.74) is 0.541. The summed E-state index contributed by atoms with van der Waals surface area (Å²) in [7, 11) is 0. The highest BCUT2D eigenvalue weighted by molar-refractivity contribution is 5.91. The lowest BCUT2D eigenvalue weighted by Crippen LogP contribution is -2.36. The summed E-state index contributed by atoms with van der Waals surface area (Å²) in [6.45, 7) is 1.26. The second-order valence-electron chi connectivity index (χ2n) is 2.90. The van der Waals surface area contributed by atoms with Crippen LogP contribution in [0.25, 0.3) is 0 Å². The Morgan fingerprint density at radius 1 is 1.67 bits per heavy atom. The average Bonchev–Trinajstić information content (AvgIpc) is 2.60. The van der Waals surface area contributed by atoms with Gasteiger partial charge in [-0.3, -0.25) is 4.79 Å². The minimum Gasteiger partial charge on any atom is -0.479 e. The van der Waals surface area contributed by atoms with Gasteiger partial charge in [0.1, 0.15) is 0 Å². The molecule has 0 fully saturated rings. The Morgan fingerprint density at radius 3 is 2.80 bits per heavy atom. The summed E-state index contributed by atoms with van der Waals surface area (Å²) in [4.78, 5) is 21.5. The smallest absolute Gasteiger partial charge is 0.334 e. The molecular formula is C8H10N2O5. The fourth-order valence-electron chi connectivity index (χ4n) is 0.834. The van der Waals surface area contributed by atoms with Crippen molar-refractivity contribution in [3.63, 3.8) is 0 Å². The molecule has 0 aliphatic carbocycles. The van der Waals surface area contributed by atoms with E-state index in [-0.39, 0.29) is 12.3 Å². The van der Waals surface area contributed by atoms with Gasteiger partial charge in [-0.25, -0.2) is 4.79 Å². The van der Waals surface area contributed by atoms with Crippen molar-refractivity contribution in [1.82, 2.24) is 10.5 Å². The van der Waals surface area contributed by atoms with Crippen LogP contribution in [0.1, 0.15) is 16.2 Å². The number of aliphatic hydroxyl groups is 1. The van der Waals surface area contributed by atoms with Crippen LogP contribution in [0, 0.1) is 6.92 Å². The van der Waals surface area contributed by atoms with Gasteiger partial charge in [0.25, 0.3) is 5.91 Å². The number of carbonyl (C=O) groups excluding carboxylic acids is 1. The van der Waals surface area contributed by atoms with Crippen LogP contribution in [0.2, 0.25) is 0 Å². The third-order valence-corrected chi connectivity index (χ3v) is 1.59. The molecule has 1 heterocycles. The number of aliphatic hydroxyl groups excluding tert-OH is 1. The minimum atomic E-state index is -1.63. The Balaban J connectivity index is 2.47. The fourth-order valence-corrected chi connectivity index (χ4v) is 0.834. The Morgan fingerprint density at radius 2 is 2.33 bits per heavy atom. The molecule has 0 radical (unpaired) electrons. The van der Waals surface area contributed by atoms with E-state index in [1.54, 1.807) is 6.92 Å². The number of carbonyl (C=O) groups is 2. The number of aromatic nitrogens is 1. The van der Waals surface area contributed by atoms with Crippen molar-refractivity contribution in [3.8, 4) is 0 Å². The number of carboxylic acids is 1. The molecule has 1 unspecified atom stereocenters. The van der Waals surface area contributed by atoms with E-state index in [0.29, 0.717) is 5.69 Å². The topological polar surface area (TPSA) is 113 Å². The highest BCUT2D eigenvalue weighted by atomic mass is 16.5. The van der Waals surface area contributed by atoms with Gasteiger partial charge in [-0.2, -0.15) is 0 Å². The second-order valence-corrected chi connectivity index (χ2v) is 2.90. The van der Waals surface area contributed by atoms with Gasteiger partial charge in [0.05, 0.1) is 12.2 Å². The summed E-state index contributed by atoms with van der Waals surface area (Å²) in [5.74, 6) is -2.04. The van der Waals surface area contributed by atoms with E-state index in [1.165, 1.54) is 6.07 Å². The van der Waals surface area contributed by atoms with Crippen molar-refractivity contribution in [2.24, 2.45) is 0 Å². The van der Waals surface area contributed by atoms with Crippen molar-refractivity contribution in [1.29, 1.82) is 0 Å². The first-order valence-electron chi connectivity index (χ1n) is 4.13. The number of amides is 1. The number of carboxylic acid groups (broad SMARTS) is 1. The normalized spacial score (nSPS) is 12.1. The Labute approximate surface area is 84.7 Å². The van der Waals surface area contributed by atoms with Crippen molar-refractivity contribution < 1.29 is 24.3 Å². The molecule has 0 spiro atoms. The summed E-state index contributed by atoms with van der Waals surface area (Å²) in [5, 5.41) is 22.9. The molecule has 82 valence electrons. The molecule has 7 heteroatoms. The van der Waals surface area contributed by atoms with E-state index in [0.717, 1.165) is 0 Å². The van der Waals surface area contributed by atoms with E-state index < -0.39 is 18.0 Å². The van der Waals surface area contributed by atoms with Crippen LogP contribution in [-0.2, 0) is 4.79 Å². The van der Waals surface area contributed by atoms with Gasteiger partial charge in [0.2, 0.25) is 5.76 Å². The van der Waals surface area contributed by atoms with Crippen LogP contribution in [0.4, 0.5) is 0 Å². The molecule has 0 aliphatic heterocycles. The minimum absolute atomic E-state index is 0.0231. The molecule has 7 nitrogen and oxygen atoms in total.